The molecule has 3 N–H and O–H groups in total. The third-order valence-electron chi connectivity index (χ3n) is 3.85. The molecule has 1 atom stereocenters. The zero-order valence-electron chi connectivity index (χ0n) is 14.3. The minimum Gasteiger partial charge on any atom is -0.355 e. The summed E-state index contributed by atoms with van der Waals surface area (Å²) >= 11 is 0. The zero-order valence-corrected chi connectivity index (χ0v) is 14.3. The van der Waals surface area contributed by atoms with Gasteiger partial charge >= 0.3 is 6.03 Å². The highest BCUT2D eigenvalue weighted by atomic mass is 16.2. The third-order valence-corrected chi connectivity index (χ3v) is 3.85. The monoisotopic (exact) mass is 346 g/mol. The van der Waals surface area contributed by atoms with E-state index in [1.807, 2.05) is 6.92 Å². The maximum atomic E-state index is 12.1. The Balaban J connectivity index is 1.88. The van der Waals surface area contributed by atoms with Crippen LogP contribution in [0.25, 0.3) is 0 Å². The summed E-state index contributed by atoms with van der Waals surface area (Å²) in [6.07, 6.45) is 0.555. The molecular weight excluding hydrogens is 324 g/mol. The predicted molar refractivity (Wildman–Crippen MR) is 90.6 cm³/mol. The molecule has 2 rings (SSSR count). The fourth-order valence-electron chi connectivity index (χ4n) is 2.58. The summed E-state index contributed by atoms with van der Waals surface area (Å²) in [5.41, 5.74) is 1.27. The number of rotatable bonds is 7. The van der Waals surface area contributed by atoms with E-state index in [1.165, 1.54) is 0 Å². The molecule has 1 fully saturated rings. The number of carbonyl (C=O) groups is 4. The van der Waals surface area contributed by atoms with Gasteiger partial charge in [-0.15, -0.1) is 0 Å². The highest BCUT2D eigenvalue weighted by Gasteiger charge is 2.38. The van der Waals surface area contributed by atoms with Crippen molar-refractivity contribution < 1.29 is 19.2 Å². The Bertz CT molecular complexity index is 689. The topological polar surface area (TPSA) is 108 Å². The second-order valence-electron chi connectivity index (χ2n) is 5.75. The lowest BCUT2D eigenvalue weighted by Gasteiger charge is -2.11. The van der Waals surface area contributed by atoms with Crippen LogP contribution in [0.5, 0.6) is 0 Å². The molecule has 8 heteroatoms. The Hall–Kier alpha value is -2.90. The van der Waals surface area contributed by atoms with Gasteiger partial charge in [-0.25, -0.2) is 4.79 Å². The van der Waals surface area contributed by atoms with Crippen molar-refractivity contribution in [3.05, 3.63) is 35.4 Å². The molecule has 1 aliphatic heterocycles. The van der Waals surface area contributed by atoms with Crippen LogP contribution in [0.2, 0.25) is 0 Å². The van der Waals surface area contributed by atoms with Gasteiger partial charge in [0.25, 0.3) is 11.8 Å². The molecule has 0 saturated carbocycles. The molecule has 0 bridgehead atoms. The largest absolute Gasteiger partial charge is 0.355 e. The smallest absolute Gasteiger partial charge is 0.324 e. The maximum Gasteiger partial charge on any atom is 0.324 e. The number of nitrogens with one attached hydrogen (secondary N) is 3. The van der Waals surface area contributed by atoms with E-state index in [0.29, 0.717) is 18.5 Å². The van der Waals surface area contributed by atoms with Gasteiger partial charge in [0.05, 0.1) is 6.42 Å². The molecule has 5 amide bonds. The van der Waals surface area contributed by atoms with E-state index >= 15 is 0 Å². The van der Waals surface area contributed by atoms with Crippen molar-refractivity contribution in [1.29, 1.82) is 0 Å². The average molecular weight is 346 g/mol. The first-order valence-corrected chi connectivity index (χ1v) is 8.15. The quantitative estimate of drug-likeness (QED) is 0.621. The number of hydrogen-bond acceptors (Lipinski definition) is 4. The van der Waals surface area contributed by atoms with Gasteiger partial charge in [0.2, 0.25) is 5.91 Å². The summed E-state index contributed by atoms with van der Waals surface area (Å²) in [7, 11) is 1.55. The van der Waals surface area contributed by atoms with Gasteiger partial charge in [-0.05, 0) is 24.1 Å². The Morgan fingerprint density at radius 2 is 2.04 bits per heavy atom. The van der Waals surface area contributed by atoms with E-state index in [2.05, 4.69) is 16.0 Å². The van der Waals surface area contributed by atoms with Crippen LogP contribution in [0, 0.1) is 0 Å². The van der Waals surface area contributed by atoms with Crippen LogP contribution in [-0.2, 0) is 16.1 Å². The Labute approximate surface area is 145 Å². The molecule has 0 radical (unpaired) electrons. The Morgan fingerprint density at radius 1 is 1.28 bits per heavy atom. The van der Waals surface area contributed by atoms with Crippen LogP contribution in [0.15, 0.2) is 24.3 Å². The first-order valence-electron chi connectivity index (χ1n) is 8.15. The SMILES string of the molecule is CCCN1C(=O)N[C@@H](CC(=O)NCc2cccc(C(=O)NC)c2)C1=O. The van der Waals surface area contributed by atoms with E-state index in [4.69, 9.17) is 0 Å². The fraction of sp³-hybridized carbons (Fsp3) is 0.412. The predicted octanol–water partition coefficient (Wildman–Crippen LogP) is 0.383. The van der Waals surface area contributed by atoms with Crippen LogP contribution >= 0.6 is 0 Å². The van der Waals surface area contributed by atoms with Crippen molar-refractivity contribution in [2.45, 2.75) is 32.4 Å². The number of benzene rings is 1. The molecule has 1 aromatic carbocycles. The van der Waals surface area contributed by atoms with Crippen LogP contribution in [0.4, 0.5) is 4.79 Å². The average Bonchev–Trinajstić information content (AvgIpc) is 2.87. The van der Waals surface area contributed by atoms with Gasteiger partial charge in [0.15, 0.2) is 0 Å². The summed E-state index contributed by atoms with van der Waals surface area (Å²) < 4.78 is 0. The molecule has 0 aromatic heterocycles. The Kier molecular flexibility index (Phi) is 6.10. The normalized spacial score (nSPS) is 16.6. The van der Waals surface area contributed by atoms with Crippen molar-refractivity contribution in [3.63, 3.8) is 0 Å². The first kappa shape index (κ1) is 18.4. The number of urea groups is 1. The van der Waals surface area contributed by atoms with Crippen LogP contribution < -0.4 is 16.0 Å². The molecule has 1 aliphatic rings. The van der Waals surface area contributed by atoms with Gasteiger partial charge in [0, 0.05) is 25.7 Å². The van der Waals surface area contributed by atoms with Gasteiger partial charge in [-0.1, -0.05) is 19.1 Å². The highest BCUT2D eigenvalue weighted by Crippen LogP contribution is 2.10. The zero-order chi connectivity index (χ0) is 18.4. The van der Waals surface area contributed by atoms with Gasteiger partial charge < -0.3 is 16.0 Å². The van der Waals surface area contributed by atoms with Crippen molar-refractivity contribution in [1.82, 2.24) is 20.9 Å². The molecule has 1 aromatic rings. The summed E-state index contributed by atoms with van der Waals surface area (Å²) in [4.78, 5) is 48.6. The number of hydrogen-bond donors (Lipinski definition) is 3. The molecule has 134 valence electrons. The number of amides is 5. The van der Waals surface area contributed by atoms with Gasteiger partial charge in [-0.2, -0.15) is 0 Å². The Morgan fingerprint density at radius 3 is 2.72 bits per heavy atom. The molecule has 1 saturated heterocycles. The minimum atomic E-state index is -0.823. The van der Waals surface area contributed by atoms with Crippen molar-refractivity contribution in [2.24, 2.45) is 0 Å². The highest BCUT2D eigenvalue weighted by molar-refractivity contribution is 6.05. The third kappa shape index (κ3) is 4.56. The standard InChI is InChI=1S/C17H22N4O4/c1-3-7-21-16(24)13(20-17(21)25)9-14(22)19-10-11-5-4-6-12(8-11)15(23)18-2/h4-6,8,13H,3,7,9-10H2,1-2H3,(H,18,23)(H,19,22)(H,20,25)/t13-/m0/s1. The molecule has 0 spiro atoms. The summed E-state index contributed by atoms with van der Waals surface area (Å²) in [5, 5.41) is 7.76. The van der Waals surface area contributed by atoms with Gasteiger partial charge in [0.1, 0.15) is 6.04 Å². The molecule has 25 heavy (non-hydrogen) atoms. The lowest BCUT2D eigenvalue weighted by atomic mass is 10.1. The van der Waals surface area contributed by atoms with E-state index in [-0.39, 0.29) is 30.7 Å². The summed E-state index contributed by atoms with van der Waals surface area (Å²) in [6.45, 7) is 2.44. The van der Waals surface area contributed by atoms with E-state index in [1.54, 1.807) is 31.3 Å². The second-order valence-corrected chi connectivity index (χ2v) is 5.75. The molecule has 0 aliphatic carbocycles. The molecular formula is C17H22N4O4. The van der Waals surface area contributed by atoms with E-state index < -0.39 is 12.1 Å². The number of nitrogens with zero attached hydrogens (tertiary/aromatic N) is 1. The number of imide groups is 1. The lowest BCUT2D eigenvalue weighted by Crippen LogP contribution is -2.36. The van der Waals surface area contributed by atoms with Crippen LogP contribution in [0.3, 0.4) is 0 Å². The van der Waals surface area contributed by atoms with E-state index in [0.717, 1.165) is 10.5 Å². The second kappa shape index (κ2) is 8.27. The van der Waals surface area contributed by atoms with Crippen molar-refractivity contribution in [2.75, 3.05) is 13.6 Å². The van der Waals surface area contributed by atoms with Gasteiger partial charge in [-0.3, -0.25) is 19.3 Å². The van der Waals surface area contributed by atoms with Crippen LogP contribution in [0.1, 0.15) is 35.7 Å². The summed E-state index contributed by atoms with van der Waals surface area (Å²) in [6, 6.07) is 5.61. The molecule has 0 unspecified atom stereocenters. The van der Waals surface area contributed by atoms with Crippen molar-refractivity contribution >= 4 is 23.8 Å². The molecule has 8 nitrogen and oxygen atoms in total. The number of carbonyl (C=O) groups excluding carboxylic acids is 4. The van der Waals surface area contributed by atoms with Crippen LogP contribution in [-0.4, -0.2) is 48.3 Å². The minimum absolute atomic E-state index is 0.111. The maximum absolute atomic E-state index is 12.1. The lowest BCUT2D eigenvalue weighted by molar-refractivity contribution is -0.130. The summed E-state index contributed by atoms with van der Waals surface area (Å²) in [5.74, 6) is -0.922. The first-order chi connectivity index (χ1) is 12.0. The molecule has 1 heterocycles. The fourth-order valence-corrected chi connectivity index (χ4v) is 2.58. The van der Waals surface area contributed by atoms with Crippen molar-refractivity contribution in [3.8, 4) is 0 Å². The van der Waals surface area contributed by atoms with E-state index in [9.17, 15) is 19.2 Å².